The van der Waals surface area contributed by atoms with Gasteiger partial charge in [0.2, 0.25) is 21.8 Å². The summed E-state index contributed by atoms with van der Waals surface area (Å²) in [6.45, 7) is 14.1. The van der Waals surface area contributed by atoms with Crippen molar-refractivity contribution in [3.8, 4) is 16.2 Å². The molecule has 288 valence electrons. The zero-order chi connectivity index (χ0) is 38.9. The molecule has 3 aliphatic rings. The van der Waals surface area contributed by atoms with Crippen molar-refractivity contribution >= 4 is 51.4 Å². The number of nitrogens with one attached hydrogen (secondary N) is 3. The van der Waals surface area contributed by atoms with E-state index >= 15 is 0 Å². The second kappa shape index (κ2) is 15.1. The average molecular weight is 772 g/mol. The number of hydrogen-bond acceptors (Lipinski definition) is 11. The number of rotatable bonds is 13. The fourth-order valence-corrected chi connectivity index (χ4v) is 8.37. The molecule has 5 atom stereocenters. The topological polar surface area (TPSA) is 182 Å². The predicted octanol–water partition coefficient (Wildman–Crippen LogP) is 4.35. The van der Waals surface area contributed by atoms with E-state index in [0.29, 0.717) is 18.6 Å². The third-order valence-corrected chi connectivity index (χ3v) is 12.0. The van der Waals surface area contributed by atoms with Gasteiger partial charge in [-0.2, -0.15) is 0 Å². The summed E-state index contributed by atoms with van der Waals surface area (Å²) in [4.78, 5) is 63.2. The van der Waals surface area contributed by atoms with Gasteiger partial charge in [-0.1, -0.05) is 38.1 Å². The second-order valence-electron chi connectivity index (χ2n) is 15.8. The molecule has 14 nitrogen and oxygen atoms in total. The van der Waals surface area contributed by atoms with Crippen molar-refractivity contribution in [3.63, 3.8) is 0 Å². The van der Waals surface area contributed by atoms with E-state index in [2.05, 4.69) is 27.1 Å². The van der Waals surface area contributed by atoms with E-state index in [9.17, 15) is 27.6 Å². The number of alkyl carbamates (subject to hydrolysis) is 1. The fraction of sp³-hybridized carbons (Fsp3) is 0.541. The van der Waals surface area contributed by atoms with E-state index in [1.807, 2.05) is 35.7 Å². The molecule has 1 aliphatic heterocycles. The zero-order valence-corrected chi connectivity index (χ0v) is 32.8. The lowest BCUT2D eigenvalue weighted by molar-refractivity contribution is -0.143. The molecule has 0 spiro atoms. The summed E-state index contributed by atoms with van der Waals surface area (Å²) in [6.07, 6.45) is 2.50. The highest BCUT2D eigenvalue weighted by molar-refractivity contribution is 7.91. The third kappa shape index (κ3) is 9.39. The summed E-state index contributed by atoms with van der Waals surface area (Å²) in [5, 5.41) is 11.0. The van der Waals surface area contributed by atoms with Crippen LogP contribution in [0, 0.1) is 11.3 Å². The van der Waals surface area contributed by atoms with E-state index in [0.717, 1.165) is 16.0 Å². The summed E-state index contributed by atoms with van der Waals surface area (Å²) in [7, 11) is -2.34. The van der Waals surface area contributed by atoms with Crippen molar-refractivity contribution in [1.82, 2.24) is 20.3 Å². The largest absolute Gasteiger partial charge is 0.497 e. The highest BCUT2D eigenvalue weighted by atomic mass is 32.2. The van der Waals surface area contributed by atoms with Gasteiger partial charge < -0.3 is 29.8 Å². The summed E-state index contributed by atoms with van der Waals surface area (Å²) in [6, 6.07) is 7.22. The first-order valence-electron chi connectivity index (χ1n) is 17.5. The number of oxime groups is 1. The molecule has 1 aromatic heterocycles. The first-order chi connectivity index (χ1) is 24.8. The molecule has 53 heavy (non-hydrogen) atoms. The molecule has 1 aromatic carbocycles. The van der Waals surface area contributed by atoms with Crippen molar-refractivity contribution in [2.75, 3.05) is 13.7 Å². The average Bonchev–Trinajstić information content (AvgIpc) is 3.94. The van der Waals surface area contributed by atoms with Crippen LogP contribution < -0.4 is 20.1 Å². The fourth-order valence-electron chi connectivity index (χ4n) is 6.23. The molecule has 2 saturated carbocycles. The maximum absolute atomic E-state index is 14.4. The lowest BCUT2D eigenvalue weighted by Gasteiger charge is -2.36. The molecule has 1 saturated heterocycles. The number of likely N-dealkylation sites (tertiary alicyclic amines) is 1. The van der Waals surface area contributed by atoms with Gasteiger partial charge in [0.05, 0.1) is 25.1 Å². The molecule has 2 aliphatic carbocycles. The number of benzene rings is 1. The predicted molar refractivity (Wildman–Crippen MR) is 201 cm³/mol. The summed E-state index contributed by atoms with van der Waals surface area (Å²) >= 11 is 1.56. The molecule has 5 rings (SSSR count). The summed E-state index contributed by atoms with van der Waals surface area (Å²) < 4.78 is 38.3. The Morgan fingerprint density at radius 3 is 2.40 bits per heavy atom. The normalized spacial score (nSPS) is 23.5. The minimum absolute atomic E-state index is 0.00899. The van der Waals surface area contributed by atoms with Crippen molar-refractivity contribution < 1.29 is 41.9 Å². The number of hydrogen-bond donors (Lipinski definition) is 3. The van der Waals surface area contributed by atoms with Crippen molar-refractivity contribution in [3.05, 3.63) is 53.9 Å². The van der Waals surface area contributed by atoms with E-state index in [-0.39, 0.29) is 19.4 Å². The van der Waals surface area contributed by atoms with Gasteiger partial charge in [0.25, 0.3) is 5.91 Å². The van der Waals surface area contributed by atoms with Gasteiger partial charge in [0, 0.05) is 28.3 Å². The van der Waals surface area contributed by atoms with E-state index in [4.69, 9.17) is 14.3 Å². The van der Waals surface area contributed by atoms with E-state index in [1.54, 1.807) is 60.0 Å². The molecule has 0 radical (unpaired) electrons. The Hall–Kier alpha value is -4.44. The van der Waals surface area contributed by atoms with Crippen LogP contribution in [0.25, 0.3) is 10.4 Å². The standard InChI is InChI=1S/C37H49N5O9S2/c1-9-23-19-37(23,33(45)41-53(47,48)26-13-14-26)40-31(43)28-18-25(21-42(28)32(44)30(35(2,3)4)39-34(46)50-36(5,6)7)51-38-20-22-17-24(49-8)12-15-27(22)29-11-10-16-52-29/h9-12,15-17,20,23,25-26,28,30H,1,13-14,18-19,21H2,2-8H3,(H,39,46)(H,40,43)(H,41,45)/b38-20+/t23-,25-,28+,30-,37+/m1/s1. The Morgan fingerprint density at radius 2 is 1.83 bits per heavy atom. The van der Waals surface area contributed by atoms with Gasteiger partial charge in [-0.15, -0.1) is 17.9 Å². The highest BCUT2D eigenvalue weighted by Crippen LogP contribution is 2.45. The molecule has 2 aromatic rings. The van der Waals surface area contributed by atoms with Crippen LogP contribution in [0.1, 0.15) is 72.8 Å². The molecular weight excluding hydrogens is 723 g/mol. The van der Waals surface area contributed by atoms with Gasteiger partial charge in [0.1, 0.15) is 35.1 Å². The Balaban J connectivity index is 1.41. The summed E-state index contributed by atoms with van der Waals surface area (Å²) in [5.41, 5.74) is -1.58. The zero-order valence-electron chi connectivity index (χ0n) is 31.1. The van der Waals surface area contributed by atoms with Crippen molar-refractivity contribution in [2.24, 2.45) is 16.5 Å². The van der Waals surface area contributed by atoms with Crippen LogP contribution in [0.3, 0.4) is 0 Å². The lowest BCUT2D eigenvalue weighted by Crippen LogP contribution is -2.60. The Kier molecular flexibility index (Phi) is 11.3. The van der Waals surface area contributed by atoms with Crippen LogP contribution in [-0.2, 0) is 34.0 Å². The number of carbonyl (C=O) groups is 4. The van der Waals surface area contributed by atoms with E-state index < -0.39 is 79.7 Å². The first-order valence-corrected chi connectivity index (χ1v) is 19.9. The molecule has 2 heterocycles. The molecule has 3 N–H and O–H groups in total. The Labute approximate surface area is 314 Å². The number of nitrogens with zero attached hydrogens (tertiary/aromatic N) is 2. The molecule has 4 amide bonds. The van der Waals surface area contributed by atoms with Crippen molar-refractivity contribution in [2.45, 2.75) is 102 Å². The molecule has 3 fully saturated rings. The molecule has 0 unspecified atom stereocenters. The molecule has 16 heteroatoms. The number of methoxy groups -OCH3 is 1. The second-order valence-corrected chi connectivity index (χ2v) is 18.7. The monoisotopic (exact) mass is 771 g/mol. The quantitative estimate of drug-likeness (QED) is 0.152. The van der Waals surface area contributed by atoms with Gasteiger partial charge in [-0.3, -0.25) is 19.1 Å². The van der Waals surface area contributed by atoms with Crippen LogP contribution in [0.4, 0.5) is 4.79 Å². The molecule has 0 bridgehead atoms. The minimum atomic E-state index is -3.90. The highest BCUT2D eigenvalue weighted by Gasteiger charge is 2.62. The lowest BCUT2D eigenvalue weighted by atomic mass is 9.85. The van der Waals surface area contributed by atoms with Crippen LogP contribution in [0.5, 0.6) is 5.75 Å². The maximum atomic E-state index is 14.4. The third-order valence-electron chi connectivity index (χ3n) is 9.32. The van der Waals surface area contributed by atoms with Gasteiger partial charge in [-0.05, 0) is 75.1 Å². The van der Waals surface area contributed by atoms with Crippen LogP contribution in [0.2, 0.25) is 0 Å². The maximum Gasteiger partial charge on any atom is 0.408 e. The van der Waals surface area contributed by atoms with Crippen LogP contribution in [0.15, 0.2) is 53.5 Å². The smallest absolute Gasteiger partial charge is 0.408 e. The van der Waals surface area contributed by atoms with Crippen LogP contribution in [-0.4, -0.2) is 91.6 Å². The van der Waals surface area contributed by atoms with Crippen molar-refractivity contribution in [1.29, 1.82) is 0 Å². The van der Waals surface area contributed by atoms with Gasteiger partial charge in [0.15, 0.2) is 0 Å². The number of ether oxygens (including phenoxy) is 2. The summed E-state index contributed by atoms with van der Waals surface area (Å²) in [5.74, 6) is -2.02. The SMILES string of the molecule is C=C[C@@H]1C[C@@]1(NC(=O)[C@@H]1C[C@@H](O/N=C/c2cc(OC)ccc2-c2cccs2)CN1C(=O)[C@@H](NC(=O)OC(C)(C)C)C(C)(C)C)C(=O)NS(=O)(=O)C1CC1. The Morgan fingerprint density at radius 1 is 1.11 bits per heavy atom. The number of sulfonamides is 1. The van der Waals surface area contributed by atoms with Gasteiger partial charge in [-0.25, -0.2) is 13.2 Å². The Bertz CT molecular complexity index is 1860. The molecular formula is C37H49N5O9S2. The number of amides is 4. The number of carbonyl (C=O) groups excluding carboxylic acids is 4. The van der Waals surface area contributed by atoms with E-state index in [1.165, 1.54) is 17.2 Å². The van der Waals surface area contributed by atoms with Crippen LogP contribution >= 0.6 is 11.3 Å². The van der Waals surface area contributed by atoms with Gasteiger partial charge >= 0.3 is 6.09 Å². The minimum Gasteiger partial charge on any atom is -0.497 e. The first kappa shape index (κ1) is 39.8. The number of thiophene rings is 1.